The van der Waals surface area contributed by atoms with Gasteiger partial charge >= 0.3 is 0 Å². The molecule has 2 N–H and O–H groups in total. The molecular formula is C17H22N4O3. The van der Waals surface area contributed by atoms with E-state index >= 15 is 0 Å². The van der Waals surface area contributed by atoms with E-state index in [-0.39, 0.29) is 23.6 Å². The van der Waals surface area contributed by atoms with Crippen molar-refractivity contribution in [3.63, 3.8) is 0 Å². The summed E-state index contributed by atoms with van der Waals surface area (Å²) < 4.78 is 6.51. The predicted molar refractivity (Wildman–Crippen MR) is 90.1 cm³/mol. The molecule has 1 atom stereocenters. The van der Waals surface area contributed by atoms with E-state index in [0.717, 1.165) is 5.56 Å². The first kappa shape index (κ1) is 17.7. The van der Waals surface area contributed by atoms with Gasteiger partial charge < -0.3 is 15.4 Å². The molecule has 7 heteroatoms. The first-order valence-electron chi connectivity index (χ1n) is 7.72. The van der Waals surface area contributed by atoms with Crippen LogP contribution in [-0.4, -0.2) is 48.9 Å². The molecule has 0 bridgehead atoms. The molecule has 0 spiro atoms. The monoisotopic (exact) mass is 330 g/mol. The molecule has 0 radical (unpaired) electrons. The Bertz CT molecular complexity index is 697. The van der Waals surface area contributed by atoms with E-state index in [1.807, 2.05) is 37.3 Å². The predicted octanol–water partition coefficient (Wildman–Crippen LogP) is 1.23. The number of benzene rings is 1. The summed E-state index contributed by atoms with van der Waals surface area (Å²) in [6, 6.07) is 11.0. The van der Waals surface area contributed by atoms with Crippen LogP contribution in [0.3, 0.4) is 0 Å². The van der Waals surface area contributed by atoms with Gasteiger partial charge in [-0.05, 0) is 12.5 Å². The second kappa shape index (κ2) is 8.26. The zero-order valence-corrected chi connectivity index (χ0v) is 14.1. The molecule has 2 amide bonds. The Balaban J connectivity index is 2.35. The van der Waals surface area contributed by atoms with Crippen LogP contribution in [0.1, 0.15) is 39.5 Å². The van der Waals surface area contributed by atoms with Crippen molar-refractivity contribution < 1.29 is 14.3 Å². The smallest absolute Gasteiger partial charge is 0.271 e. The first-order chi connectivity index (χ1) is 11.6. The summed E-state index contributed by atoms with van der Waals surface area (Å²) in [6.45, 7) is 2.73. The van der Waals surface area contributed by atoms with E-state index in [1.54, 1.807) is 11.8 Å². The van der Waals surface area contributed by atoms with Gasteiger partial charge in [0.25, 0.3) is 11.8 Å². The highest BCUT2D eigenvalue weighted by Gasteiger charge is 2.22. The fourth-order valence-electron chi connectivity index (χ4n) is 2.33. The highest BCUT2D eigenvalue weighted by Crippen LogP contribution is 2.20. The quantitative estimate of drug-likeness (QED) is 0.748. The van der Waals surface area contributed by atoms with E-state index in [0.29, 0.717) is 18.8 Å². The van der Waals surface area contributed by atoms with Crippen LogP contribution >= 0.6 is 0 Å². The zero-order valence-electron chi connectivity index (χ0n) is 14.1. The number of rotatable bonds is 7. The Morgan fingerprint density at radius 1 is 1.25 bits per heavy atom. The van der Waals surface area contributed by atoms with E-state index < -0.39 is 0 Å². The van der Waals surface area contributed by atoms with Crippen LogP contribution in [0.5, 0.6) is 0 Å². The summed E-state index contributed by atoms with van der Waals surface area (Å²) in [7, 11) is 3.10. The zero-order chi connectivity index (χ0) is 17.5. The molecule has 0 fully saturated rings. The van der Waals surface area contributed by atoms with Crippen molar-refractivity contribution in [3.8, 4) is 0 Å². The van der Waals surface area contributed by atoms with Gasteiger partial charge in [0.15, 0.2) is 5.69 Å². The van der Waals surface area contributed by atoms with Gasteiger partial charge in [0.05, 0.1) is 12.6 Å². The Kier molecular flexibility index (Phi) is 6.08. The summed E-state index contributed by atoms with van der Waals surface area (Å²) in [6.07, 6.45) is 0. The van der Waals surface area contributed by atoms with E-state index in [2.05, 4.69) is 15.7 Å². The Morgan fingerprint density at radius 2 is 1.96 bits per heavy atom. The van der Waals surface area contributed by atoms with Gasteiger partial charge in [-0.3, -0.25) is 14.3 Å². The van der Waals surface area contributed by atoms with Crippen LogP contribution in [0.4, 0.5) is 0 Å². The summed E-state index contributed by atoms with van der Waals surface area (Å²) >= 11 is 0. The fraction of sp³-hybridized carbons (Fsp3) is 0.353. The van der Waals surface area contributed by atoms with Crippen molar-refractivity contribution in [3.05, 3.63) is 53.3 Å². The number of hydrogen-bond donors (Lipinski definition) is 2. The SMILES string of the molecule is CNC(=O)c1cc(C(=O)NCCOC)n(C(C)c2ccccc2)n1. The van der Waals surface area contributed by atoms with Crippen LogP contribution < -0.4 is 10.6 Å². The van der Waals surface area contributed by atoms with E-state index in [9.17, 15) is 9.59 Å². The Morgan fingerprint density at radius 3 is 2.58 bits per heavy atom. The maximum absolute atomic E-state index is 12.4. The van der Waals surface area contributed by atoms with Crippen molar-refractivity contribution in [2.45, 2.75) is 13.0 Å². The van der Waals surface area contributed by atoms with Gasteiger partial charge in [-0.2, -0.15) is 5.10 Å². The number of ether oxygens (including phenoxy) is 1. The molecule has 1 heterocycles. The minimum Gasteiger partial charge on any atom is -0.383 e. The number of carbonyl (C=O) groups excluding carboxylic acids is 2. The van der Waals surface area contributed by atoms with Crippen molar-refractivity contribution in [2.75, 3.05) is 27.3 Å². The molecule has 7 nitrogen and oxygen atoms in total. The number of hydrogen-bond acceptors (Lipinski definition) is 4. The molecule has 0 saturated heterocycles. The van der Waals surface area contributed by atoms with Crippen molar-refractivity contribution >= 4 is 11.8 Å². The highest BCUT2D eigenvalue weighted by molar-refractivity contribution is 5.97. The third kappa shape index (κ3) is 3.99. The molecular weight excluding hydrogens is 308 g/mol. The molecule has 0 saturated carbocycles. The highest BCUT2D eigenvalue weighted by atomic mass is 16.5. The van der Waals surface area contributed by atoms with E-state index in [1.165, 1.54) is 13.1 Å². The first-order valence-corrected chi connectivity index (χ1v) is 7.72. The number of methoxy groups -OCH3 is 1. The molecule has 1 aromatic carbocycles. The van der Waals surface area contributed by atoms with Crippen molar-refractivity contribution in [1.82, 2.24) is 20.4 Å². The maximum atomic E-state index is 12.4. The second-order valence-corrected chi connectivity index (χ2v) is 5.27. The second-order valence-electron chi connectivity index (χ2n) is 5.27. The average molecular weight is 330 g/mol. The van der Waals surface area contributed by atoms with Gasteiger partial charge in [0.1, 0.15) is 5.69 Å². The number of nitrogens with one attached hydrogen (secondary N) is 2. The molecule has 0 aliphatic heterocycles. The van der Waals surface area contributed by atoms with Crippen LogP contribution in [0.25, 0.3) is 0 Å². The minimum absolute atomic E-state index is 0.187. The number of carbonyl (C=O) groups is 2. The summed E-state index contributed by atoms with van der Waals surface area (Å²) in [5.41, 5.74) is 1.54. The lowest BCUT2D eigenvalue weighted by Gasteiger charge is -2.16. The number of nitrogens with zero attached hydrogens (tertiary/aromatic N) is 2. The van der Waals surface area contributed by atoms with Gasteiger partial charge in [-0.1, -0.05) is 30.3 Å². The molecule has 1 unspecified atom stereocenters. The topological polar surface area (TPSA) is 85.3 Å². The lowest BCUT2D eigenvalue weighted by Crippen LogP contribution is -2.30. The molecule has 24 heavy (non-hydrogen) atoms. The lowest BCUT2D eigenvalue weighted by atomic mass is 10.1. The molecule has 128 valence electrons. The molecule has 2 rings (SSSR count). The van der Waals surface area contributed by atoms with Crippen molar-refractivity contribution in [1.29, 1.82) is 0 Å². The van der Waals surface area contributed by atoms with Crippen LogP contribution in [-0.2, 0) is 4.74 Å². The van der Waals surface area contributed by atoms with Gasteiger partial charge in [0, 0.05) is 26.8 Å². The van der Waals surface area contributed by atoms with Crippen LogP contribution in [0.2, 0.25) is 0 Å². The molecule has 1 aromatic heterocycles. The minimum atomic E-state index is -0.333. The molecule has 2 aromatic rings. The summed E-state index contributed by atoms with van der Waals surface area (Å²) in [5.74, 6) is -0.627. The van der Waals surface area contributed by atoms with Gasteiger partial charge in [-0.25, -0.2) is 0 Å². The third-order valence-corrected chi connectivity index (χ3v) is 3.67. The van der Waals surface area contributed by atoms with Gasteiger partial charge in [0.2, 0.25) is 0 Å². The van der Waals surface area contributed by atoms with Crippen molar-refractivity contribution in [2.24, 2.45) is 0 Å². The summed E-state index contributed by atoms with van der Waals surface area (Å²) in [4.78, 5) is 24.3. The standard InChI is InChI=1S/C17H22N4O3/c1-12(13-7-5-4-6-8-13)21-15(17(23)19-9-10-24-3)11-14(20-21)16(22)18-2/h4-8,11-12H,9-10H2,1-3H3,(H,18,22)(H,19,23). The van der Waals surface area contributed by atoms with E-state index in [4.69, 9.17) is 4.74 Å². The molecule has 0 aliphatic rings. The normalized spacial score (nSPS) is 11.8. The molecule has 0 aliphatic carbocycles. The Hall–Kier alpha value is -2.67. The fourth-order valence-corrected chi connectivity index (χ4v) is 2.33. The van der Waals surface area contributed by atoms with Gasteiger partial charge in [-0.15, -0.1) is 0 Å². The maximum Gasteiger partial charge on any atom is 0.271 e. The summed E-state index contributed by atoms with van der Waals surface area (Å²) in [5, 5.41) is 9.60. The largest absolute Gasteiger partial charge is 0.383 e. The Labute approximate surface area is 141 Å². The third-order valence-electron chi connectivity index (χ3n) is 3.67. The average Bonchev–Trinajstić information content (AvgIpc) is 3.06. The lowest BCUT2D eigenvalue weighted by molar-refractivity contribution is 0.0923. The van der Waals surface area contributed by atoms with Crippen LogP contribution in [0.15, 0.2) is 36.4 Å². The number of amides is 2. The number of aromatic nitrogens is 2. The van der Waals surface area contributed by atoms with Crippen LogP contribution in [0, 0.1) is 0 Å².